The monoisotopic (exact) mass is 248 g/mol. The third-order valence-electron chi connectivity index (χ3n) is 2.71. The van der Waals surface area contributed by atoms with Crippen LogP contribution in [0.4, 0.5) is 0 Å². The molecule has 0 fully saturated rings. The summed E-state index contributed by atoms with van der Waals surface area (Å²) in [6.07, 6.45) is 2.55. The standard InChI is InChI=1S/C11H20O4S/c1-3-4-5-7(2)10(11(14)15)8(16)6-9(12)13/h7-8,10,16H,3-6H2,1-2H3,(H,12,13)(H,14,15). The Morgan fingerprint density at radius 3 is 2.25 bits per heavy atom. The maximum absolute atomic E-state index is 11.1. The molecule has 0 aromatic carbocycles. The Morgan fingerprint density at radius 2 is 1.88 bits per heavy atom. The number of hydrogen-bond donors (Lipinski definition) is 3. The molecule has 0 aliphatic carbocycles. The average Bonchev–Trinajstić information content (AvgIpc) is 2.12. The highest BCUT2D eigenvalue weighted by molar-refractivity contribution is 7.81. The van der Waals surface area contributed by atoms with Crippen LogP contribution in [-0.4, -0.2) is 27.4 Å². The molecule has 5 heteroatoms. The van der Waals surface area contributed by atoms with Gasteiger partial charge in [-0.3, -0.25) is 9.59 Å². The Balaban J connectivity index is 4.46. The molecule has 0 aliphatic heterocycles. The zero-order valence-electron chi connectivity index (χ0n) is 9.72. The Bertz CT molecular complexity index is 242. The molecule has 3 atom stereocenters. The summed E-state index contributed by atoms with van der Waals surface area (Å²) >= 11 is 4.10. The first-order valence-corrected chi connectivity index (χ1v) is 6.04. The van der Waals surface area contributed by atoms with Crippen molar-refractivity contribution in [2.24, 2.45) is 11.8 Å². The number of unbranched alkanes of at least 4 members (excludes halogenated alkanes) is 1. The number of rotatable bonds is 8. The minimum absolute atomic E-state index is 0.0423. The fourth-order valence-corrected chi connectivity index (χ4v) is 2.38. The molecule has 0 saturated carbocycles. The fourth-order valence-electron chi connectivity index (χ4n) is 1.80. The van der Waals surface area contributed by atoms with Crippen LogP contribution < -0.4 is 0 Å². The first kappa shape index (κ1) is 15.3. The van der Waals surface area contributed by atoms with Gasteiger partial charge in [-0.1, -0.05) is 26.7 Å². The molecule has 0 bridgehead atoms. The maximum atomic E-state index is 11.1. The van der Waals surface area contributed by atoms with Crippen LogP contribution in [0, 0.1) is 11.8 Å². The van der Waals surface area contributed by atoms with Gasteiger partial charge in [-0.2, -0.15) is 12.6 Å². The van der Waals surface area contributed by atoms with Gasteiger partial charge in [-0.05, 0) is 12.3 Å². The van der Waals surface area contributed by atoms with Gasteiger partial charge in [0.1, 0.15) is 0 Å². The molecule has 0 aromatic rings. The van der Waals surface area contributed by atoms with E-state index in [1.807, 2.05) is 13.8 Å². The summed E-state index contributed by atoms with van der Waals surface area (Å²) in [5.41, 5.74) is 0. The number of carboxylic acids is 2. The minimum Gasteiger partial charge on any atom is -0.481 e. The molecule has 0 saturated heterocycles. The van der Waals surface area contributed by atoms with Crippen LogP contribution in [-0.2, 0) is 9.59 Å². The van der Waals surface area contributed by atoms with Crippen LogP contribution >= 0.6 is 12.6 Å². The first-order chi connectivity index (χ1) is 7.40. The van der Waals surface area contributed by atoms with Gasteiger partial charge < -0.3 is 10.2 Å². The molecule has 0 spiro atoms. The fraction of sp³-hybridized carbons (Fsp3) is 0.818. The van der Waals surface area contributed by atoms with Crippen LogP contribution in [0.1, 0.15) is 39.5 Å². The van der Waals surface area contributed by atoms with E-state index in [0.29, 0.717) is 0 Å². The highest BCUT2D eigenvalue weighted by Crippen LogP contribution is 2.26. The zero-order valence-corrected chi connectivity index (χ0v) is 10.6. The maximum Gasteiger partial charge on any atom is 0.307 e. The van der Waals surface area contributed by atoms with Gasteiger partial charge in [0.15, 0.2) is 0 Å². The van der Waals surface area contributed by atoms with Gasteiger partial charge in [-0.15, -0.1) is 0 Å². The lowest BCUT2D eigenvalue weighted by atomic mass is 9.86. The van der Waals surface area contributed by atoms with Crippen molar-refractivity contribution in [3.8, 4) is 0 Å². The van der Waals surface area contributed by atoms with Crippen molar-refractivity contribution in [3.63, 3.8) is 0 Å². The summed E-state index contributed by atoms with van der Waals surface area (Å²) in [6.45, 7) is 3.89. The molecule has 0 aromatic heterocycles. The van der Waals surface area contributed by atoms with Crippen molar-refractivity contribution in [3.05, 3.63) is 0 Å². The number of thiol groups is 1. The van der Waals surface area contributed by atoms with Gasteiger partial charge in [0.25, 0.3) is 0 Å². The van der Waals surface area contributed by atoms with E-state index >= 15 is 0 Å². The van der Waals surface area contributed by atoms with Gasteiger partial charge in [-0.25, -0.2) is 0 Å². The van der Waals surface area contributed by atoms with Crippen molar-refractivity contribution >= 4 is 24.6 Å². The van der Waals surface area contributed by atoms with Crippen LogP contribution in [0.3, 0.4) is 0 Å². The molecular weight excluding hydrogens is 228 g/mol. The van der Waals surface area contributed by atoms with Crippen molar-refractivity contribution in [1.29, 1.82) is 0 Å². The Morgan fingerprint density at radius 1 is 1.31 bits per heavy atom. The molecular formula is C11H20O4S. The van der Waals surface area contributed by atoms with E-state index < -0.39 is 23.1 Å². The molecule has 0 heterocycles. The second-order valence-corrected chi connectivity index (χ2v) is 4.81. The molecule has 0 amide bonds. The lowest BCUT2D eigenvalue weighted by Crippen LogP contribution is -2.32. The summed E-state index contributed by atoms with van der Waals surface area (Å²) in [4.78, 5) is 21.6. The SMILES string of the molecule is CCCCC(C)C(C(=O)O)C(S)CC(=O)O. The quantitative estimate of drug-likeness (QED) is 0.576. The predicted molar refractivity (Wildman–Crippen MR) is 64.8 cm³/mol. The van der Waals surface area contributed by atoms with Crippen LogP contribution in [0.2, 0.25) is 0 Å². The summed E-state index contributed by atoms with van der Waals surface area (Å²) < 4.78 is 0. The Labute approximate surface area is 101 Å². The molecule has 0 radical (unpaired) electrons. The molecule has 4 nitrogen and oxygen atoms in total. The van der Waals surface area contributed by atoms with Crippen molar-refractivity contribution < 1.29 is 19.8 Å². The summed E-state index contributed by atoms with van der Waals surface area (Å²) in [7, 11) is 0. The molecule has 94 valence electrons. The van der Waals surface area contributed by atoms with Gasteiger partial charge in [0, 0.05) is 5.25 Å². The van der Waals surface area contributed by atoms with E-state index in [1.165, 1.54) is 0 Å². The smallest absolute Gasteiger partial charge is 0.307 e. The number of carbonyl (C=O) groups is 2. The summed E-state index contributed by atoms with van der Waals surface area (Å²) in [5, 5.41) is 17.1. The predicted octanol–water partition coefficient (Wildman–Crippen LogP) is 2.29. The van der Waals surface area contributed by atoms with Crippen LogP contribution in [0.15, 0.2) is 0 Å². The average molecular weight is 248 g/mol. The molecule has 3 unspecified atom stereocenters. The van der Waals surface area contributed by atoms with E-state index in [2.05, 4.69) is 12.6 Å². The van der Waals surface area contributed by atoms with Crippen molar-refractivity contribution in [2.75, 3.05) is 0 Å². The highest BCUT2D eigenvalue weighted by Gasteiger charge is 2.31. The van der Waals surface area contributed by atoms with E-state index in [1.54, 1.807) is 0 Å². The second-order valence-electron chi connectivity index (χ2n) is 4.15. The highest BCUT2D eigenvalue weighted by atomic mass is 32.1. The Kier molecular flexibility index (Phi) is 7.21. The zero-order chi connectivity index (χ0) is 12.7. The van der Waals surface area contributed by atoms with E-state index in [9.17, 15) is 9.59 Å². The van der Waals surface area contributed by atoms with Crippen molar-refractivity contribution in [1.82, 2.24) is 0 Å². The largest absolute Gasteiger partial charge is 0.481 e. The third kappa shape index (κ3) is 5.39. The van der Waals surface area contributed by atoms with Gasteiger partial charge in [0.2, 0.25) is 0 Å². The van der Waals surface area contributed by atoms with E-state index in [4.69, 9.17) is 10.2 Å². The van der Waals surface area contributed by atoms with Gasteiger partial charge >= 0.3 is 11.9 Å². The van der Waals surface area contributed by atoms with E-state index in [0.717, 1.165) is 19.3 Å². The van der Waals surface area contributed by atoms with Gasteiger partial charge in [0.05, 0.1) is 12.3 Å². The lowest BCUT2D eigenvalue weighted by Gasteiger charge is -2.24. The number of carboxylic acid groups (broad SMARTS) is 2. The number of hydrogen-bond acceptors (Lipinski definition) is 3. The Hall–Kier alpha value is -0.710. The minimum atomic E-state index is -1.01. The molecule has 0 aliphatic rings. The third-order valence-corrected chi connectivity index (χ3v) is 3.21. The second kappa shape index (κ2) is 7.54. The normalized spacial score (nSPS) is 16.4. The topological polar surface area (TPSA) is 74.6 Å². The summed E-state index contributed by atoms with van der Waals surface area (Å²) in [6, 6.07) is 0. The van der Waals surface area contributed by atoms with Crippen molar-refractivity contribution in [2.45, 2.75) is 44.8 Å². The molecule has 0 rings (SSSR count). The van der Waals surface area contributed by atoms with Crippen LogP contribution in [0.25, 0.3) is 0 Å². The van der Waals surface area contributed by atoms with Crippen LogP contribution in [0.5, 0.6) is 0 Å². The molecule has 2 N–H and O–H groups in total. The number of aliphatic carboxylic acids is 2. The first-order valence-electron chi connectivity index (χ1n) is 5.52. The lowest BCUT2D eigenvalue weighted by molar-refractivity contribution is -0.144. The van der Waals surface area contributed by atoms with E-state index in [-0.39, 0.29) is 12.3 Å². The molecule has 16 heavy (non-hydrogen) atoms. The summed E-state index contributed by atoms with van der Waals surface area (Å²) in [5.74, 6) is -2.69.